The fourth-order valence-corrected chi connectivity index (χ4v) is 4.06. The molecule has 4 rings (SSSR count). The van der Waals surface area contributed by atoms with Crippen molar-refractivity contribution in [3.63, 3.8) is 0 Å². The number of carbonyl (C=O) groups excluding carboxylic acids is 1. The molecule has 0 saturated heterocycles. The second-order valence-electron chi connectivity index (χ2n) is 5.89. The average molecular weight is 336 g/mol. The highest BCUT2D eigenvalue weighted by atomic mass is 32.1. The number of hydrogen-bond acceptors (Lipinski definition) is 3. The first-order valence-electron chi connectivity index (χ1n) is 7.68. The van der Waals surface area contributed by atoms with E-state index in [9.17, 15) is 4.79 Å². The fraction of sp³-hybridized carbons (Fsp3) is 0.158. The summed E-state index contributed by atoms with van der Waals surface area (Å²) in [5.74, 6) is -0.0919. The van der Waals surface area contributed by atoms with Crippen LogP contribution in [0.2, 0.25) is 0 Å². The third-order valence-electron chi connectivity index (χ3n) is 4.18. The van der Waals surface area contributed by atoms with Crippen LogP contribution in [0.3, 0.4) is 0 Å². The van der Waals surface area contributed by atoms with Crippen LogP contribution in [0.1, 0.15) is 21.7 Å². The number of aromatic nitrogens is 1. The molecular weight excluding hydrogens is 320 g/mol. The van der Waals surface area contributed by atoms with Crippen molar-refractivity contribution in [2.45, 2.75) is 13.8 Å². The molecule has 0 fully saturated rings. The van der Waals surface area contributed by atoms with E-state index >= 15 is 0 Å². The summed E-state index contributed by atoms with van der Waals surface area (Å²) < 4.78 is 8.75. The molecule has 0 saturated carbocycles. The van der Waals surface area contributed by atoms with E-state index in [0.29, 0.717) is 10.4 Å². The second-order valence-corrected chi connectivity index (χ2v) is 6.86. The van der Waals surface area contributed by atoms with Gasteiger partial charge in [-0.05, 0) is 37.1 Å². The number of amides is 1. The molecule has 0 bridgehead atoms. The molecule has 2 heterocycles. The summed E-state index contributed by atoms with van der Waals surface area (Å²) in [5, 5.41) is 0.906. The van der Waals surface area contributed by atoms with Crippen LogP contribution in [0.5, 0.6) is 0 Å². The third kappa shape index (κ3) is 2.29. The number of para-hydroxylation sites is 1. The van der Waals surface area contributed by atoms with Crippen molar-refractivity contribution in [2.75, 3.05) is 0 Å². The summed E-state index contributed by atoms with van der Waals surface area (Å²) in [7, 11) is 1.94. The minimum absolute atomic E-state index is 0.266. The number of benzene rings is 2. The van der Waals surface area contributed by atoms with Crippen molar-refractivity contribution in [1.29, 1.82) is 0 Å². The summed E-state index contributed by atoms with van der Waals surface area (Å²) in [6, 6.07) is 13.5. The van der Waals surface area contributed by atoms with Gasteiger partial charge in [0.1, 0.15) is 5.58 Å². The number of carbonyl (C=O) groups is 1. The Labute approximate surface area is 142 Å². The zero-order valence-corrected chi connectivity index (χ0v) is 14.5. The Bertz CT molecular complexity index is 1130. The van der Waals surface area contributed by atoms with E-state index in [0.717, 1.165) is 15.6 Å². The summed E-state index contributed by atoms with van der Waals surface area (Å²) in [6.07, 6.45) is 0. The fourth-order valence-electron chi connectivity index (χ4n) is 2.90. The summed E-state index contributed by atoms with van der Waals surface area (Å²) in [6.45, 7) is 4.14. The quantitative estimate of drug-likeness (QED) is 0.519. The molecule has 0 spiro atoms. The van der Waals surface area contributed by atoms with E-state index in [1.54, 1.807) is 6.07 Å². The van der Waals surface area contributed by atoms with E-state index in [4.69, 9.17) is 4.42 Å². The highest BCUT2D eigenvalue weighted by Gasteiger charge is 2.13. The number of furan rings is 1. The molecule has 24 heavy (non-hydrogen) atoms. The van der Waals surface area contributed by atoms with Crippen LogP contribution in [0.4, 0.5) is 0 Å². The Balaban J connectivity index is 1.87. The van der Waals surface area contributed by atoms with Gasteiger partial charge in [-0.1, -0.05) is 41.7 Å². The van der Waals surface area contributed by atoms with Crippen LogP contribution in [0.15, 0.2) is 51.9 Å². The van der Waals surface area contributed by atoms with Crippen LogP contribution >= 0.6 is 11.3 Å². The standard InChI is InChI=1S/C19H16N2O2S/c1-11-8-9-12(2)17-16(11)21(3)19(24-17)20-18(22)15-10-13-6-4-5-7-14(13)23-15/h4-10H,1-3H3. The predicted octanol–water partition coefficient (Wildman–Crippen LogP) is 4.34. The SMILES string of the molecule is Cc1ccc(C)c2c1sc(=NC(=O)c1cc3ccccc3o1)n2C. The molecule has 120 valence electrons. The van der Waals surface area contributed by atoms with Gasteiger partial charge in [-0.15, -0.1) is 0 Å². The normalized spacial score (nSPS) is 12.4. The van der Waals surface area contributed by atoms with E-state index < -0.39 is 0 Å². The molecule has 0 N–H and O–H groups in total. The van der Waals surface area contributed by atoms with Crippen molar-refractivity contribution in [1.82, 2.24) is 4.57 Å². The monoisotopic (exact) mass is 336 g/mol. The van der Waals surface area contributed by atoms with Crippen molar-refractivity contribution in [2.24, 2.45) is 12.0 Å². The highest BCUT2D eigenvalue weighted by molar-refractivity contribution is 7.16. The molecule has 4 aromatic rings. The van der Waals surface area contributed by atoms with Crippen LogP contribution in [0.25, 0.3) is 21.2 Å². The van der Waals surface area contributed by atoms with E-state index in [2.05, 4.69) is 31.0 Å². The Morgan fingerprint density at radius 3 is 2.62 bits per heavy atom. The first-order valence-corrected chi connectivity index (χ1v) is 8.49. The lowest BCUT2D eigenvalue weighted by molar-refractivity contribution is 0.0973. The zero-order valence-electron chi connectivity index (χ0n) is 13.7. The Morgan fingerprint density at radius 1 is 1.12 bits per heavy atom. The van der Waals surface area contributed by atoms with Crippen LogP contribution in [-0.4, -0.2) is 10.5 Å². The van der Waals surface area contributed by atoms with Crippen LogP contribution in [0, 0.1) is 13.8 Å². The van der Waals surface area contributed by atoms with Gasteiger partial charge in [-0.2, -0.15) is 4.99 Å². The van der Waals surface area contributed by atoms with E-state index in [-0.39, 0.29) is 11.7 Å². The maximum Gasteiger partial charge on any atom is 0.315 e. The van der Waals surface area contributed by atoms with Gasteiger partial charge < -0.3 is 8.98 Å². The molecule has 0 atom stereocenters. The summed E-state index contributed by atoms with van der Waals surface area (Å²) >= 11 is 1.53. The number of fused-ring (bicyclic) bond motifs is 2. The van der Waals surface area contributed by atoms with Gasteiger partial charge in [0.05, 0.1) is 10.2 Å². The summed E-state index contributed by atoms with van der Waals surface area (Å²) in [5.41, 5.74) is 4.18. The van der Waals surface area contributed by atoms with Gasteiger partial charge in [-0.25, -0.2) is 0 Å². The first kappa shape index (κ1) is 14.9. The van der Waals surface area contributed by atoms with Crippen molar-refractivity contribution >= 4 is 38.4 Å². The van der Waals surface area contributed by atoms with Crippen LogP contribution in [-0.2, 0) is 7.05 Å². The van der Waals surface area contributed by atoms with Gasteiger partial charge in [0.25, 0.3) is 0 Å². The Hall–Kier alpha value is -2.66. The second kappa shape index (κ2) is 5.46. The van der Waals surface area contributed by atoms with E-state index in [1.165, 1.54) is 22.5 Å². The minimum atomic E-state index is -0.358. The number of nitrogens with zero attached hydrogens (tertiary/aromatic N) is 2. The smallest absolute Gasteiger partial charge is 0.315 e. The highest BCUT2D eigenvalue weighted by Crippen LogP contribution is 2.24. The lowest BCUT2D eigenvalue weighted by Crippen LogP contribution is -2.13. The topological polar surface area (TPSA) is 47.5 Å². The lowest BCUT2D eigenvalue weighted by Gasteiger charge is -2.01. The molecule has 0 unspecified atom stereocenters. The van der Waals surface area contributed by atoms with Gasteiger partial charge >= 0.3 is 5.91 Å². The molecule has 2 aromatic carbocycles. The molecule has 0 aliphatic carbocycles. The molecule has 0 aliphatic heterocycles. The summed E-state index contributed by atoms with van der Waals surface area (Å²) in [4.78, 5) is 17.5. The van der Waals surface area contributed by atoms with Crippen LogP contribution < -0.4 is 4.80 Å². The number of aryl methyl sites for hydroxylation is 3. The third-order valence-corrected chi connectivity index (χ3v) is 5.45. The molecule has 4 nitrogen and oxygen atoms in total. The predicted molar refractivity (Wildman–Crippen MR) is 96.4 cm³/mol. The lowest BCUT2D eigenvalue weighted by atomic mass is 10.1. The van der Waals surface area contributed by atoms with Crippen molar-refractivity contribution in [3.05, 3.63) is 64.2 Å². The molecular formula is C19H16N2O2S. The van der Waals surface area contributed by atoms with Crippen molar-refractivity contribution in [3.8, 4) is 0 Å². The number of rotatable bonds is 1. The first-order chi connectivity index (χ1) is 11.5. The van der Waals surface area contributed by atoms with Gasteiger partial charge in [0, 0.05) is 12.4 Å². The number of thiazole rings is 1. The molecule has 5 heteroatoms. The largest absolute Gasteiger partial charge is 0.451 e. The average Bonchev–Trinajstić information content (AvgIpc) is 3.14. The van der Waals surface area contributed by atoms with Gasteiger partial charge in [0.15, 0.2) is 10.6 Å². The molecule has 1 amide bonds. The van der Waals surface area contributed by atoms with E-state index in [1.807, 2.05) is 35.9 Å². The Morgan fingerprint density at radius 2 is 1.88 bits per heavy atom. The molecule has 0 radical (unpaired) electrons. The zero-order chi connectivity index (χ0) is 16.8. The van der Waals surface area contributed by atoms with Gasteiger partial charge in [-0.3, -0.25) is 4.79 Å². The maximum atomic E-state index is 12.5. The molecule has 0 aliphatic rings. The maximum absolute atomic E-state index is 12.5. The minimum Gasteiger partial charge on any atom is -0.451 e. The van der Waals surface area contributed by atoms with Crippen molar-refractivity contribution < 1.29 is 9.21 Å². The Kier molecular flexibility index (Phi) is 3.39. The number of hydrogen-bond donors (Lipinski definition) is 0. The van der Waals surface area contributed by atoms with Gasteiger partial charge in [0.2, 0.25) is 0 Å². The molecule has 2 aromatic heterocycles.